The van der Waals surface area contributed by atoms with Crippen LogP contribution < -0.4 is 11.1 Å². The number of carbonyl (C=O) groups excluding carboxylic acids is 1. The molecule has 1 fully saturated rings. The summed E-state index contributed by atoms with van der Waals surface area (Å²) < 4.78 is 42.9. The summed E-state index contributed by atoms with van der Waals surface area (Å²) in [6.07, 6.45) is -0.417. The number of aliphatic carboxylic acids is 1. The van der Waals surface area contributed by atoms with Gasteiger partial charge in [-0.25, -0.2) is 4.68 Å². The van der Waals surface area contributed by atoms with E-state index in [2.05, 4.69) is 10.4 Å². The molecule has 38 heavy (non-hydrogen) atoms. The second-order valence-electron chi connectivity index (χ2n) is 11.6. The Morgan fingerprint density at radius 2 is 1.87 bits per heavy atom. The fourth-order valence-corrected chi connectivity index (χ4v) is 6.02. The summed E-state index contributed by atoms with van der Waals surface area (Å²) in [6, 6.07) is 4.13. The zero-order valence-corrected chi connectivity index (χ0v) is 22.2. The van der Waals surface area contributed by atoms with E-state index in [1.165, 1.54) is 10.7 Å². The molecule has 2 aromatic rings. The van der Waals surface area contributed by atoms with E-state index in [9.17, 15) is 27.9 Å². The quantitative estimate of drug-likeness (QED) is 0.482. The van der Waals surface area contributed by atoms with E-state index in [4.69, 9.17) is 5.73 Å². The molecule has 1 aromatic heterocycles. The Kier molecular flexibility index (Phi) is 7.53. The summed E-state index contributed by atoms with van der Waals surface area (Å²) in [4.78, 5) is 25.6. The van der Waals surface area contributed by atoms with Crippen LogP contribution in [0.15, 0.2) is 18.2 Å². The Morgan fingerprint density at radius 3 is 2.42 bits per heavy atom. The first kappa shape index (κ1) is 27.9. The molecule has 2 aliphatic carbocycles. The third kappa shape index (κ3) is 5.67. The highest BCUT2D eigenvalue weighted by Crippen LogP contribution is 2.42. The smallest absolute Gasteiger partial charge is 0.435 e. The lowest BCUT2D eigenvalue weighted by Crippen LogP contribution is -2.44. The van der Waals surface area contributed by atoms with Crippen LogP contribution in [0.4, 0.5) is 18.9 Å². The Hall–Kier alpha value is -3.08. The van der Waals surface area contributed by atoms with Crippen molar-refractivity contribution in [3.8, 4) is 5.69 Å². The topological polar surface area (TPSA) is 113 Å². The molecule has 1 aromatic carbocycles. The summed E-state index contributed by atoms with van der Waals surface area (Å²) in [5.74, 6) is -1.49. The number of anilines is 1. The van der Waals surface area contributed by atoms with Gasteiger partial charge in [-0.05, 0) is 88.6 Å². The minimum Gasteiger partial charge on any atom is -0.480 e. The van der Waals surface area contributed by atoms with Crippen molar-refractivity contribution in [2.75, 3.05) is 19.4 Å². The molecular formula is C27H36F3N5O3. The van der Waals surface area contributed by atoms with Gasteiger partial charge >= 0.3 is 12.1 Å². The van der Waals surface area contributed by atoms with E-state index in [-0.39, 0.29) is 28.5 Å². The van der Waals surface area contributed by atoms with Crippen molar-refractivity contribution in [3.05, 3.63) is 40.7 Å². The number of nitrogens with zero attached hydrogens (tertiary/aromatic N) is 3. The second kappa shape index (κ2) is 10.2. The first-order valence-corrected chi connectivity index (χ1v) is 13.0. The molecule has 2 aliphatic rings. The van der Waals surface area contributed by atoms with Crippen LogP contribution in [0.5, 0.6) is 0 Å². The van der Waals surface area contributed by atoms with Gasteiger partial charge in [-0.15, -0.1) is 0 Å². The zero-order valence-electron chi connectivity index (χ0n) is 22.2. The summed E-state index contributed by atoms with van der Waals surface area (Å²) in [5, 5.41) is 17.0. The van der Waals surface area contributed by atoms with Crippen LogP contribution in [0, 0.1) is 11.3 Å². The highest BCUT2D eigenvalue weighted by atomic mass is 19.4. The van der Waals surface area contributed by atoms with Crippen LogP contribution >= 0.6 is 0 Å². The van der Waals surface area contributed by atoms with E-state index in [1.54, 1.807) is 31.1 Å². The average molecular weight is 536 g/mol. The molecule has 4 rings (SSSR count). The summed E-state index contributed by atoms with van der Waals surface area (Å²) >= 11 is 0. The average Bonchev–Trinajstić information content (AvgIpc) is 3.17. The van der Waals surface area contributed by atoms with Gasteiger partial charge in [-0.2, -0.15) is 18.3 Å². The molecule has 1 amide bonds. The molecule has 1 unspecified atom stereocenters. The van der Waals surface area contributed by atoms with Crippen molar-refractivity contribution >= 4 is 17.6 Å². The number of aromatic nitrogens is 2. The van der Waals surface area contributed by atoms with Crippen LogP contribution in [0.1, 0.15) is 73.3 Å². The predicted octanol–water partition coefficient (Wildman–Crippen LogP) is 4.49. The number of hydrogen-bond acceptors (Lipinski definition) is 5. The highest BCUT2D eigenvalue weighted by Gasteiger charge is 2.42. The van der Waals surface area contributed by atoms with Gasteiger partial charge in [0.25, 0.3) is 5.91 Å². The van der Waals surface area contributed by atoms with Crippen molar-refractivity contribution in [3.63, 3.8) is 0 Å². The van der Waals surface area contributed by atoms with E-state index in [0.29, 0.717) is 62.0 Å². The summed E-state index contributed by atoms with van der Waals surface area (Å²) in [6.45, 7) is 4.07. The lowest BCUT2D eigenvalue weighted by atomic mass is 9.76. The van der Waals surface area contributed by atoms with Gasteiger partial charge in [0, 0.05) is 23.0 Å². The number of carboxylic acids is 1. The van der Waals surface area contributed by atoms with Crippen molar-refractivity contribution < 1.29 is 27.9 Å². The lowest BCUT2D eigenvalue weighted by Gasteiger charge is -2.35. The fraction of sp³-hybridized carbons (Fsp3) is 0.593. The Bertz CT molecular complexity index is 1210. The number of alkyl halides is 3. The van der Waals surface area contributed by atoms with E-state index < -0.39 is 29.8 Å². The number of nitrogens with two attached hydrogens (primary N) is 1. The van der Waals surface area contributed by atoms with Gasteiger partial charge in [0.15, 0.2) is 5.69 Å². The molecule has 1 heterocycles. The first-order chi connectivity index (χ1) is 17.7. The number of fused-ring (bicyclic) bond motifs is 1. The lowest BCUT2D eigenvalue weighted by molar-refractivity contribution is -0.145. The molecule has 8 nitrogen and oxygen atoms in total. The molecule has 4 N–H and O–H groups in total. The monoisotopic (exact) mass is 535 g/mol. The standard InChI is InChI=1S/C27H36F3N5O3/c1-26(2)12-11-19-21(14-26)35(33-23(19)27(28,29)30)17-9-10-18(24(31)36)20(13-17)32-16-7-5-15(6-8-16)22(25(37)38)34(3)4/h9-10,13,15-16,22,32H,5-8,11-12,14H2,1-4H3,(H2,31,36)(H,37,38)/t15-,16-,22?. The van der Waals surface area contributed by atoms with Crippen molar-refractivity contribution in [1.82, 2.24) is 14.7 Å². The number of carboxylic acid groups (broad SMARTS) is 1. The number of halogens is 3. The van der Waals surface area contributed by atoms with Crippen LogP contribution in [0.25, 0.3) is 5.69 Å². The van der Waals surface area contributed by atoms with Crippen molar-refractivity contribution in [2.45, 2.75) is 77.1 Å². The number of carbonyl (C=O) groups is 2. The second-order valence-corrected chi connectivity index (χ2v) is 11.6. The van der Waals surface area contributed by atoms with Gasteiger partial charge in [0.05, 0.1) is 11.3 Å². The molecule has 1 saturated carbocycles. The molecule has 0 radical (unpaired) electrons. The number of benzene rings is 1. The summed E-state index contributed by atoms with van der Waals surface area (Å²) in [7, 11) is 3.51. The number of rotatable bonds is 7. The molecule has 0 bridgehead atoms. The van der Waals surface area contributed by atoms with Crippen LogP contribution in [0.3, 0.4) is 0 Å². The van der Waals surface area contributed by atoms with Gasteiger partial charge < -0.3 is 16.2 Å². The molecule has 0 aliphatic heterocycles. The molecule has 208 valence electrons. The van der Waals surface area contributed by atoms with Crippen molar-refractivity contribution in [1.29, 1.82) is 0 Å². The van der Waals surface area contributed by atoms with Crippen LogP contribution in [-0.2, 0) is 23.8 Å². The van der Waals surface area contributed by atoms with Gasteiger partial charge in [0.1, 0.15) is 6.04 Å². The predicted molar refractivity (Wildman–Crippen MR) is 137 cm³/mol. The zero-order chi connectivity index (χ0) is 28.0. The van der Waals surface area contributed by atoms with Crippen molar-refractivity contribution in [2.24, 2.45) is 17.1 Å². The van der Waals surface area contributed by atoms with Gasteiger partial charge in [0.2, 0.25) is 0 Å². The third-order valence-corrected chi connectivity index (χ3v) is 7.96. The third-order valence-electron chi connectivity index (χ3n) is 7.96. The number of amides is 1. The van der Waals surface area contributed by atoms with Crippen LogP contribution in [0.2, 0.25) is 0 Å². The number of likely N-dealkylation sites (N-methyl/N-ethyl adjacent to an activating group) is 1. The SMILES string of the molecule is CN(C)C(C(=O)O)[C@H]1CC[C@H](Nc2cc(-n3nc(C(F)(F)F)c4c3CC(C)(C)CC4)ccc2C(N)=O)CC1. The Morgan fingerprint density at radius 1 is 1.21 bits per heavy atom. The highest BCUT2D eigenvalue weighted by molar-refractivity contribution is 5.99. The van der Waals surface area contributed by atoms with Crippen LogP contribution in [-0.4, -0.2) is 57.8 Å². The number of hydrogen-bond donors (Lipinski definition) is 3. The number of primary amides is 1. The largest absolute Gasteiger partial charge is 0.480 e. The van der Waals surface area contributed by atoms with E-state index >= 15 is 0 Å². The molecule has 1 atom stereocenters. The molecule has 11 heteroatoms. The van der Waals surface area contributed by atoms with E-state index in [1.807, 2.05) is 13.8 Å². The Labute approximate surface area is 220 Å². The molecule has 0 saturated heterocycles. The van der Waals surface area contributed by atoms with Gasteiger partial charge in [-0.1, -0.05) is 13.8 Å². The fourth-order valence-electron chi connectivity index (χ4n) is 6.02. The number of nitrogens with one attached hydrogen (secondary N) is 1. The normalized spacial score (nSPS) is 22.1. The summed E-state index contributed by atoms with van der Waals surface area (Å²) in [5.41, 5.74) is 6.48. The van der Waals surface area contributed by atoms with E-state index in [0.717, 1.165) is 0 Å². The maximum absolute atomic E-state index is 13.9. The maximum Gasteiger partial charge on any atom is 0.435 e. The first-order valence-electron chi connectivity index (χ1n) is 13.0. The minimum atomic E-state index is -4.57. The van der Waals surface area contributed by atoms with Gasteiger partial charge in [-0.3, -0.25) is 14.5 Å². The molecular weight excluding hydrogens is 499 g/mol. The maximum atomic E-state index is 13.9. The molecule has 0 spiro atoms. The minimum absolute atomic E-state index is 0.00207. The Balaban J connectivity index is 1.64.